The number of carbonyl (C=O) groups excluding carboxylic acids is 1. The van der Waals surface area contributed by atoms with Crippen molar-refractivity contribution in [2.45, 2.75) is 37.6 Å². The highest BCUT2D eigenvalue weighted by molar-refractivity contribution is 6.02. The molecule has 0 unspecified atom stereocenters. The average Bonchev–Trinajstić information content (AvgIpc) is 3.27. The summed E-state index contributed by atoms with van der Waals surface area (Å²) in [5.74, 6) is 1.29. The summed E-state index contributed by atoms with van der Waals surface area (Å²) in [6.45, 7) is 0. The van der Waals surface area contributed by atoms with Crippen LogP contribution in [0.25, 0.3) is 11.0 Å². The minimum absolute atomic E-state index is 0.0466. The van der Waals surface area contributed by atoms with Crippen molar-refractivity contribution in [2.24, 2.45) is 4.99 Å². The Morgan fingerprint density at radius 3 is 2.92 bits per heavy atom. The molecule has 1 amide bonds. The van der Waals surface area contributed by atoms with E-state index in [-0.39, 0.29) is 5.91 Å². The standard InChI is InChI=1S/C18H18N6O/c25-16-18(6-2-1-3-7-18)24-13(11-20-16)9-12-10-21-17(23-15(12)24)22-14-5-4-8-19-14/h4-5,8-11,19H,1-3,6-7H2,(H,21,22,23). The number of hydrogen-bond donors (Lipinski definition) is 2. The third-order valence-corrected chi connectivity index (χ3v) is 5.23. The molecule has 1 fully saturated rings. The number of aliphatic imine (C=N–C) groups is 1. The molecule has 5 rings (SSSR count). The van der Waals surface area contributed by atoms with Gasteiger partial charge in [-0.3, -0.25) is 4.79 Å². The topological polar surface area (TPSA) is 88.0 Å². The number of anilines is 2. The number of carbonyl (C=O) groups is 1. The van der Waals surface area contributed by atoms with Gasteiger partial charge in [0.05, 0.1) is 11.9 Å². The molecule has 126 valence electrons. The summed E-state index contributed by atoms with van der Waals surface area (Å²) in [6.07, 6.45) is 10.2. The van der Waals surface area contributed by atoms with Gasteiger partial charge >= 0.3 is 0 Å². The molecule has 25 heavy (non-hydrogen) atoms. The predicted molar refractivity (Wildman–Crippen MR) is 95.3 cm³/mol. The molecule has 0 atom stereocenters. The van der Waals surface area contributed by atoms with E-state index < -0.39 is 5.54 Å². The maximum Gasteiger partial charge on any atom is 0.271 e. The molecule has 2 N–H and O–H groups in total. The van der Waals surface area contributed by atoms with Crippen molar-refractivity contribution in [3.63, 3.8) is 0 Å². The Morgan fingerprint density at radius 1 is 1.24 bits per heavy atom. The number of aromatic nitrogens is 4. The SMILES string of the molecule is O=C1N=Cc2cc3cnc(Nc4ccc[nH]4)nc3n2C12CCCCC2. The van der Waals surface area contributed by atoms with Gasteiger partial charge in [-0.25, -0.2) is 9.98 Å². The van der Waals surface area contributed by atoms with Gasteiger partial charge in [0.25, 0.3) is 5.91 Å². The van der Waals surface area contributed by atoms with Crippen molar-refractivity contribution in [1.82, 2.24) is 19.5 Å². The van der Waals surface area contributed by atoms with Crippen LogP contribution in [0.1, 0.15) is 37.8 Å². The van der Waals surface area contributed by atoms with Crippen molar-refractivity contribution in [2.75, 3.05) is 5.32 Å². The predicted octanol–water partition coefficient (Wildman–Crippen LogP) is 3.12. The largest absolute Gasteiger partial charge is 0.348 e. The molecule has 2 aliphatic rings. The summed E-state index contributed by atoms with van der Waals surface area (Å²) in [7, 11) is 0. The molecule has 7 nitrogen and oxygen atoms in total. The Labute approximate surface area is 144 Å². The fourth-order valence-corrected chi connectivity index (χ4v) is 4.06. The van der Waals surface area contributed by atoms with Crippen LogP contribution in [0.2, 0.25) is 0 Å². The molecule has 3 aromatic rings. The van der Waals surface area contributed by atoms with E-state index >= 15 is 0 Å². The molecule has 1 saturated carbocycles. The Kier molecular flexibility index (Phi) is 3.03. The summed E-state index contributed by atoms with van der Waals surface area (Å²) in [5.41, 5.74) is 1.14. The second-order valence-electron chi connectivity index (χ2n) is 6.74. The number of fused-ring (bicyclic) bond motifs is 4. The monoisotopic (exact) mass is 334 g/mol. The van der Waals surface area contributed by atoms with Crippen LogP contribution in [0.15, 0.2) is 35.6 Å². The Morgan fingerprint density at radius 2 is 2.12 bits per heavy atom. The lowest BCUT2D eigenvalue weighted by molar-refractivity contribution is -0.128. The molecule has 1 spiro atoms. The molecule has 4 heterocycles. The fourth-order valence-electron chi connectivity index (χ4n) is 4.06. The zero-order valence-electron chi connectivity index (χ0n) is 13.7. The first-order chi connectivity index (χ1) is 12.3. The van der Waals surface area contributed by atoms with Gasteiger partial charge in [-0.2, -0.15) is 4.98 Å². The lowest BCUT2D eigenvalue weighted by Gasteiger charge is -2.38. The molecule has 0 saturated heterocycles. The first kappa shape index (κ1) is 14.4. The number of rotatable bonds is 2. The van der Waals surface area contributed by atoms with Crippen LogP contribution in [0.3, 0.4) is 0 Å². The minimum Gasteiger partial charge on any atom is -0.348 e. The zero-order valence-corrected chi connectivity index (χ0v) is 13.7. The van der Waals surface area contributed by atoms with E-state index in [4.69, 9.17) is 4.98 Å². The normalized spacial score (nSPS) is 18.6. The van der Waals surface area contributed by atoms with Gasteiger partial charge < -0.3 is 14.9 Å². The number of amides is 1. The summed E-state index contributed by atoms with van der Waals surface area (Å²) >= 11 is 0. The molecule has 3 aromatic heterocycles. The van der Waals surface area contributed by atoms with Crippen LogP contribution < -0.4 is 5.32 Å². The van der Waals surface area contributed by atoms with Crippen molar-refractivity contribution >= 4 is 34.9 Å². The Hall–Kier alpha value is -2.96. The van der Waals surface area contributed by atoms with Gasteiger partial charge in [0.1, 0.15) is 17.0 Å². The van der Waals surface area contributed by atoms with E-state index in [1.54, 1.807) is 12.4 Å². The molecule has 0 radical (unpaired) electrons. The van der Waals surface area contributed by atoms with E-state index in [1.165, 1.54) is 6.42 Å². The van der Waals surface area contributed by atoms with Gasteiger partial charge in [-0.05, 0) is 31.0 Å². The number of nitrogens with one attached hydrogen (secondary N) is 2. The highest BCUT2D eigenvalue weighted by Crippen LogP contribution is 2.41. The Bertz CT molecular complexity index is 979. The van der Waals surface area contributed by atoms with Crippen LogP contribution in [-0.2, 0) is 10.3 Å². The third kappa shape index (κ3) is 2.12. The van der Waals surface area contributed by atoms with Gasteiger partial charge in [0, 0.05) is 17.8 Å². The molecular weight excluding hydrogens is 316 g/mol. The van der Waals surface area contributed by atoms with E-state index in [2.05, 4.69) is 24.8 Å². The van der Waals surface area contributed by atoms with E-state index in [0.29, 0.717) is 5.95 Å². The highest BCUT2D eigenvalue weighted by Gasteiger charge is 2.45. The molecule has 1 aliphatic heterocycles. The number of hydrogen-bond acceptors (Lipinski definition) is 4. The van der Waals surface area contributed by atoms with Crippen molar-refractivity contribution in [1.29, 1.82) is 0 Å². The maximum atomic E-state index is 12.7. The lowest BCUT2D eigenvalue weighted by atomic mass is 9.80. The minimum atomic E-state index is -0.581. The number of H-pyrrole nitrogens is 1. The third-order valence-electron chi connectivity index (χ3n) is 5.23. The fraction of sp³-hybridized carbons (Fsp3) is 0.333. The summed E-state index contributed by atoms with van der Waals surface area (Å²) in [6, 6.07) is 5.84. The summed E-state index contributed by atoms with van der Waals surface area (Å²) in [4.78, 5) is 29.1. The highest BCUT2D eigenvalue weighted by atomic mass is 16.2. The van der Waals surface area contributed by atoms with Gasteiger partial charge in [-0.15, -0.1) is 0 Å². The Balaban J connectivity index is 1.67. The zero-order chi connectivity index (χ0) is 16.9. The summed E-state index contributed by atoms with van der Waals surface area (Å²) < 4.78 is 2.10. The van der Waals surface area contributed by atoms with Gasteiger partial charge in [0.2, 0.25) is 5.95 Å². The molecular formula is C18H18N6O. The second-order valence-corrected chi connectivity index (χ2v) is 6.74. The van der Waals surface area contributed by atoms with Crippen LogP contribution >= 0.6 is 0 Å². The van der Waals surface area contributed by atoms with E-state index in [0.717, 1.165) is 48.2 Å². The first-order valence-corrected chi connectivity index (χ1v) is 8.64. The van der Waals surface area contributed by atoms with Crippen molar-refractivity contribution in [3.05, 3.63) is 36.3 Å². The average molecular weight is 334 g/mol. The van der Waals surface area contributed by atoms with Crippen molar-refractivity contribution < 1.29 is 4.79 Å². The maximum absolute atomic E-state index is 12.7. The van der Waals surface area contributed by atoms with Crippen LogP contribution in [0.4, 0.5) is 11.8 Å². The lowest BCUT2D eigenvalue weighted by Crippen LogP contribution is -2.45. The smallest absolute Gasteiger partial charge is 0.271 e. The van der Waals surface area contributed by atoms with Crippen LogP contribution in [0.5, 0.6) is 0 Å². The molecule has 1 aliphatic carbocycles. The van der Waals surface area contributed by atoms with Crippen LogP contribution in [0, 0.1) is 0 Å². The molecule has 7 heteroatoms. The number of aromatic amines is 1. The van der Waals surface area contributed by atoms with Crippen molar-refractivity contribution in [3.8, 4) is 0 Å². The quantitative estimate of drug-likeness (QED) is 0.754. The molecule has 0 bridgehead atoms. The van der Waals surface area contributed by atoms with E-state index in [9.17, 15) is 4.79 Å². The van der Waals surface area contributed by atoms with Gasteiger partial charge in [-0.1, -0.05) is 19.3 Å². The van der Waals surface area contributed by atoms with Gasteiger partial charge in [0.15, 0.2) is 0 Å². The summed E-state index contributed by atoms with van der Waals surface area (Å²) in [5, 5.41) is 4.09. The van der Waals surface area contributed by atoms with E-state index in [1.807, 2.05) is 24.4 Å². The van der Waals surface area contributed by atoms with Crippen LogP contribution in [-0.4, -0.2) is 31.6 Å². The molecule has 0 aromatic carbocycles. The number of nitrogens with zero attached hydrogens (tertiary/aromatic N) is 4. The first-order valence-electron chi connectivity index (χ1n) is 8.64. The second kappa shape index (κ2) is 5.27.